The normalized spacial score (nSPS) is 16.5. The van der Waals surface area contributed by atoms with Crippen molar-refractivity contribution in [1.29, 1.82) is 0 Å². The fourth-order valence-electron chi connectivity index (χ4n) is 2.89. The minimum Gasteiger partial charge on any atom is -0.352 e. The first-order chi connectivity index (χ1) is 12.4. The van der Waals surface area contributed by atoms with Crippen molar-refractivity contribution < 1.29 is 13.2 Å². The van der Waals surface area contributed by atoms with Crippen molar-refractivity contribution >= 4 is 15.9 Å². The number of sulfonamides is 1. The summed E-state index contributed by atoms with van der Waals surface area (Å²) >= 11 is 0. The lowest BCUT2D eigenvalue weighted by atomic mass is 10.2. The van der Waals surface area contributed by atoms with Crippen LogP contribution in [-0.2, 0) is 10.0 Å². The zero-order valence-electron chi connectivity index (χ0n) is 15.7. The van der Waals surface area contributed by atoms with Crippen LogP contribution in [0, 0.1) is 0 Å². The molecule has 0 spiro atoms. The van der Waals surface area contributed by atoms with Gasteiger partial charge in [-0.3, -0.25) is 4.79 Å². The molecule has 0 unspecified atom stereocenters. The van der Waals surface area contributed by atoms with Crippen LogP contribution in [0.1, 0.15) is 30.1 Å². The van der Waals surface area contributed by atoms with E-state index in [0.29, 0.717) is 18.7 Å². The van der Waals surface area contributed by atoms with Gasteiger partial charge in [-0.2, -0.15) is 0 Å². The maximum Gasteiger partial charge on any atom is 0.251 e. The second kappa shape index (κ2) is 10.0. The number of hydrogen-bond donors (Lipinski definition) is 2. The number of carbonyl (C=O) groups is 1. The number of hydrogen-bond acceptors (Lipinski definition) is 5. The summed E-state index contributed by atoms with van der Waals surface area (Å²) in [5.74, 6) is -0.169. The Morgan fingerprint density at radius 1 is 1.08 bits per heavy atom. The summed E-state index contributed by atoms with van der Waals surface area (Å²) in [6, 6.07) is 6.01. The summed E-state index contributed by atoms with van der Waals surface area (Å²) in [5, 5.41) is 2.90. The van der Waals surface area contributed by atoms with Crippen molar-refractivity contribution in [1.82, 2.24) is 19.8 Å². The number of rotatable bonds is 9. The molecule has 1 aromatic rings. The number of piperazine rings is 1. The summed E-state index contributed by atoms with van der Waals surface area (Å²) in [7, 11) is -1.33. The number of nitrogens with zero attached hydrogens (tertiary/aromatic N) is 2. The largest absolute Gasteiger partial charge is 0.352 e. The van der Waals surface area contributed by atoms with E-state index in [2.05, 4.69) is 26.9 Å². The van der Waals surface area contributed by atoms with E-state index in [4.69, 9.17) is 0 Å². The first-order valence-corrected chi connectivity index (χ1v) is 10.7. The average molecular weight is 383 g/mol. The molecule has 2 N–H and O–H groups in total. The molecule has 2 rings (SSSR count). The Kier molecular flexibility index (Phi) is 8.02. The van der Waals surface area contributed by atoms with Crippen LogP contribution in [0.25, 0.3) is 0 Å². The Morgan fingerprint density at radius 3 is 2.35 bits per heavy atom. The van der Waals surface area contributed by atoms with Gasteiger partial charge in [-0.15, -0.1) is 0 Å². The predicted octanol–water partition coefficient (Wildman–Crippen LogP) is 0.742. The Morgan fingerprint density at radius 2 is 1.73 bits per heavy atom. The standard InChI is InChI=1S/C18H30N4O3S/c1-3-20-26(24,25)17-8-6-16(7-9-17)18(23)19-10-4-5-11-22-14-12-21(2)13-15-22/h6-9,20H,3-5,10-15H2,1-2H3,(H,19,23). The minimum atomic E-state index is -3.48. The summed E-state index contributed by atoms with van der Waals surface area (Å²) < 4.78 is 26.2. The van der Waals surface area contributed by atoms with E-state index in [1.54, 1.807) is 19.1 Å². The van der Waals surface area contributed by atoms with Crippen molar-refractivity contribution in [2.45, 2.75) is 24.7 Å². The third-order valence-electron chi connectivity index (χ3n) is 4.54. The molecule has 7 nitrogen and oxygen atoms in total. The van der Waals surface area contributed by atoms with Gasteiger partial charge in [0.1, 0.15) is 0 Å². The zero-order chi connectivity index (χ0) is 19.0. The van der Waals surface area contributed by atoms with Crippen molar-refractivity contribution in [3.8, 4) is 0 Å². The van der Waals surface area contributed by atoms with Crippen LogP contribution in [0.4, 0.5) is 0 Å². The first kappa shape index (κ1) is 20.8. The lowest BCUT2D eigenvalue weighted by Gasteiger charge is -2.32. The maximum absolute atomic E-state index is 12.1. The van der Waals surface area contributed by atoms with Crippen molar-refractivity contribution in [3.05, 3.63) is 29.8 Å². The SMILES string of the molecule is CCNS(=O)(=O)c1ccc(C(=O)NCCCCN2CCN(C)CC2)cc1. The molecule has 1 amide bonds. The molecule has 26 heavy (non-hydrogen) atoms. The zero-order valence-corrected chi connectivity index (χ0v) is 16.5. The summed E-state index contributed by atoms with van der Waals surface area (Å²) in [6.45, 7) is 8.23. The number of benzene rings is 1. The highest BCUT2D eigenvalue weighted by molar-refractivity contribution is 7.89. The third kappa shape index (κ3) is 6.35. The molecule has 8 heteroatoms. The molecule has 0 saturated carbocycles. The monoisotopic (exact) mass is 382 g/mol. The molecule has 1 aliphatic rings. The van der Waals surface area contributed by atoms with E-state index in [1.165, 1.54) is 12.1 Å². The molecule has 1 heterocycles. The Labute approximate surface area is 156 Å². The van der Waals surface area contributed by atoms with Gasteiger partial charge >= 0.3 is 0 Å². The van der Waals surface area contributed by atoms with E-state index < -0.39 is 10.0 Å². The molecular formula is C18H30N4O3S. The van der Waals surface area contributed by atoms with Crippen LogP contribution in [0.15, 0.2) is 29.2 Å². The topological polar surface area (TPSA) is 81.7 Å². The van der Waals surface area contributed by atoms with Gasteiger partial charge in [0.15, 0.2) is 0 Å². The fourth-order valence-corrected chi connectivity index (χ4v) is 3.94. The van der Waals surface area contributed by atoms with Crippen LogP contribution < -0.4 is 10.0 Å². The highest BCUT2D eigenvalue weighted by atomic mass is 32.2. The van der Waals surface area contributed by atoms with Crippen molar-refractivity contribution in [3.63, 3.8) is 0 Å². The van der Waals surface area contributed by atoms with Gasteiger partial charge in [-0.05, 0) is 50.7 Å². The second-order valence-corrected chi connectivity index (χ2v) is 8.40. The molecule has 1 aromatic carbocycles. The highest BCUT2D eigenvalue weighted by Crippen LogP contribution is 2.10. The van der Waals surface area contributed by atoms with Crippen LogP contribution in [0.3, 0.4) is 0 Å². The molecule has 1 aliphatic heterocycles. The summed E-state index contributed by atoms with van der Waals surface area (Å²) in [5.41, 5.74) is 0.472. The van der Waals surface area contributed by atoms with Crippen LogP contribution in [0.5, 0.6) is 0 Å². The van der Waals surface area contributed by atoms with Crippen molar-refractivity contribution in [2.75, 3.05) is 52.9 Å². The predicted molar refractivity (Wildman–Crippen MR) is 103 cm³/mol. The number of unbranched alkanes of at least 4 members (excludes halogenated alkanes) is 1. The highest BCUT2D eigenvalue weighted by Gasteiger charge is 2.14. The maximum atomic E-state index is 12.1. The van der Waals surface area contributed by atoms with Crippen molar-refractivity contribution in [2.24, 2.45) is 0 Å². The molecule has 1 fully saturated rings. The van der Waals surface area contributed by atoms with Crippen LogP contribution >= 0.6 is 0 Å². The van der Waals surface area contributed by atoms with Crippen LogP contribution in [0.2, 0.25) is 0 Å². The molecular weight excluding hydrogens is 352 g/mol. The summed E-state index contributed by atoms with van der Waals surface area (Å²) in [4.78, 5) is 17.1. The van der Waals surface area contributed by atoms with Gasteiger partial charge in [0.2, 0.25) is 10.0 Å². The van der Waals surface area contributed by atoms with E-state index >= 15 is 0 Å². The number of amides is 1. The first-order valence-electron chi connectivity index (χ1n) is 9.21. The van der Waals surface area contributed by atoms with E-state index in [0.717, 1.165) is 45.6 Å². The van der Waals surface area contributed by atoms with Gasteiger partial charge in [0, 0.05) is 44.8 Å². The lowest BCUT2D eigenvalue weighted by Crippen LogP contribution is -2.44. The smallest absolute Gasteiger partial charge is 0.251 e. The number of likely N-dealkylation sites (N-methyl/N-ethyl adjacent to an activating group) is 1. The minimum absolute atomic E-state index is 0.169. The third-order valence-corrected chi connectivity index (χ3v) is 6.11. The molecule has 1 saturated heterocycles. The van der Waals surface area contributed by atoms with Crippen LogP contribution in [-0.4, -0.2) is 77.0 Å². The Bertz CT molecular complexity index is 668. The Balaban J connectivity index is 1.69. The van der Waals surface area contributed by atoms with E-state index in [9.17, 15) is 13.2 Å². The lowest BCUT2D eigenvalue weighted by molar-refractivity contribution is 0.0951. The average Bonchev–Trinajstić information content (AvgIpc) is 2.63. The molecule has 0 aromatic heterocycles. The van der Waals surface area contributed by atoms with Gasteiger partial charge in [-0.25, -0.2) is 13.1 Å². The fraction of sp³-hybridized carbons (Fsp3) is 0.611. The van der Waals surface area contributed by atoms with E-state index in [1.807, 2.05) is 0 Å². The van der Waals surface area contributed by atoms with E-state index in [-0.39, 0.29) is 10.8 Å². The number of nitrogens with one attached hydrogen (secondary N) is 2. The molecule has 0 atom stereocenters. The van der Waals surface area contributed by atoms with Gasteiger partial charge in [0.25, 0.3) is 5.91 Å². The second-order valence-electron chi connectivity index (χ2n) is 6.63. The quantitative estimate of drug-likeness (QED) is 0.616. The molecule has 0 radical (unpaired) electrons. The van der Waals surface area contributed by atoms with Gasteiger partial charge < -0.3 is 15.1 Å². The van der Waals surface area contributed by atoms with Gasteiger partial charge in [-0.1, -0.05) is 6.92 Å². The van der Waals surface area contributed by atoms with Gasteiger partial charge in [0.05, 0.1) is 4.90 Å². The molecule has 146 valence electrons. The molecule has 0 bridgehead atoms. The Hall–Kier alpha value is -1.48. The molecule has 0 aliphatic carbocycles. The summed E-state index contributed by atoms with van der Waals surface area (Å²) in [6.07, 6.45) is 1.99. The number of carbonyl (C=O) groups excluding carboxylic acids is 1.